The molecule has 21 heavy (non-hydrogen) atoms. The molecular weight excluding hydrogens is 284 g/mol. The standard InChI is InChI=1S/C16H26N2O2S/c1-3-16(17-2)14-9-8-10-15(13-14)21(19,20)18-11-6-4-5-7-12-18/h8-10,13,16-17H,3-7,11-12H2,1-2H3. The molecule has 1 fully saturated rings. The summed E-state index contributed by atoms with van der Waals surface area (Å²) in [5, 5.41) is 3.23. The Morgan fingerprint density at radius 1 is 1.19 bits per heavy atom. The first-order valence-electron chi connectivity index (χ1n) is 7.87. The summed E-state index contributed by atoms with van der Waals surface area (Å²) in [4.78, 5) is 0.426. The van der Waals surface area contributed by atoms with Crippen molar-refractivity contribution in [3.8, 4) is 0 Å². The number of nitrogens with zero attached hydrogens (tertiary/aromatic N) is 1. The summed E-state index contributed by atoms with van der Waals surface area (Å²) in [6, 6.07) is 7.58. The molecule has 1 aliphatic heterocycles. The average molecular weight is 310 g/mol. The van der Waals surface area contributed by atoms with E-state index in [0.717, 1.165) is 37.7 Å². The van der Waals surface area contributed by atoms with Crippen molar-refractivity contribution in [2.75, 3.05) is 20.1 Å². The molecule has 118 valence electrons. The van der Waals surface area contributed by atoms with Gasteiger partial charge in [0, 0.05) is 19.1 Å². The van der Waals surface area contributed by atoms with E-state index in [9.17, 15) is 8.42 Å². The van der Waals surface area contributed by atoms with E-state index in [-0.39, 0.29) is 6.04 Å². The number of sulfonamides is 1. The highest BCUT2D eigenvalue weighted by Gasteiger charge is 2.25. The Kier molecular flexibility index (Phi) is 5.79. The van der Waals surface area contributed by atoms with Gasteiger partial charge in [-0.15, -0.1) is 0 Å². The van der Waals surface area contributed by atoms with Gasteiger partial charge in [-0.05, 0) is 44.0 Å². The Hall–Kier alpha value is -0.910. The van der Waals surface area contributed by atoms with Gasteiger partial charge in [-0.2, -0.15) is 4.31 Å². The van der Waals surface area contributed by atoms with Crippen LogP contribution in [0.25, 0.3) is 0 Å². The van der Waals surface area contributed by atoms with Gasteiger partial charge >= 0.3 is 0 Å². The number of benzene rings is 1. The van der Waals surface area contributed by atoms with Gasteiger partial charge in [-0.3, -0.25) is 0 Å². The molecule has 1 heterocycles. The van der Waals surface area contributed by atoms with Crippen molar-refractivity contribution in [2.24, 2.45) is 0 Å². The third kappa shape index (κ3) is 3.84. The molecule has 0 amide bonds. The van der Waals surface area contributed by atoms with Crippen molar-refractivity contribution in [2.45, 2.75) is 50.0 Å². The zero-order valence-corrected chi connectivity index (χ0v) is 13.8. The van der Waals surface area contributed by atoms with Crippen molar-refractivity contribution in [3.05, 3.63) is 29.8 Å². The fraction of sp³-hybridized carbons (Fsp3) is 0.625. The lowest BCUT2D eigenvalue weighted by Gasteiger charge is -2.21. The Morgan fingerprint density at radius 2 is 1.86 bits per heavy atom. The molecule has 1 saturated heterocycles. The third-order valence-corrected chi connectivity index (χ3v) is 6.11. The highest BCUT2D eigenvalue weighted by atomic mass is 32.2. The lowest BCUT2D eigenvalue weighted by molar-refractivity contribution is 0.423. The van der Waals surface area contributed by atoms with Crippen LogP contribution in [0.1, 0.15) is 50.6 Å². The van der Waals surface area contributed by atoms with Crippen LogP contribution < -0.4 is 5.32 Å². The summed E-state index contributed by atoms with van der Waals surface area (Å²) in [6.45, 7) is 3.39. The molecule has 1 atom stereocenters. The van der Waals surface area contributed by atoms with Gasteiger partial charge in [0.2, 0.25) is 10.0 Å². The average Bonchev–Trinajstić information content (AvgIpc) is 2.78. The van der Waals surface area contributed by atoms with Crippen LogP contribution in [0, 0.1) is 0 Å². The molecule has 0 bridgehead atoms. The summed E-state index contributed by atoms with van der Waals surface area (Å²) >= 11 is 0. The van der Waals surface area contributed by atoms with E-state index in [2.05, 4.69) is 12.2 Å². The normalized spacial score (nSPS) is 19.1. The zero-order valence-electron chi connectivity index (χ0n) is 13.0. The summed E-state index contributed by atoms with van der Waals surface area (Å²) < 4.78 is 27.2. The number of nitrogens with one attached hydrogen (secondary N) is 1. The maximum absolute atomic E-state index is 12.8. The molecule has 0 aliphatic carbocycles. The summed E-state index contributed by atoms with van der Waals surface area (Å²) in [7, 11) is -1.45. The molecule has 0 aromatic heterocycles. The van der Waals surface area contributed by atoms with Crippen molar-refractivity contribution >= 4 is 10.0 Å². The molecular formula is C16H26N2O2S. The zero-order chi connectivity index (χ0) is 15.3. The largest absolute Gasteiger partial charge is 0.313 e. The molecule has 0 spiro atoms. The lowest BCUT2D eigenvalue weighted by atomic mass is 10.1. The second kappa shape index (κ2) is 7.38. The first kappa shape index (κ1) is 16.5. The van der Waals surface area contributed by atoms with E-state index in [1.165, 1.54) is 0 Å². The SMILES string of the molecule is CCC(NC)c1cccc(S(=O)(=O)N2CCCCCC2)c1. The van der Waals surface area contributed by atoms with Crippen LogP contribution in [0.3, 0.4) is 0 Å². The Morgan fingerprint density at radius 3 is 2.43 bits per heavy atom. The molecule has 1 aromatic carbocycles. The van der Waals surface area contributed by atoms with E-state index in [0.29, 0.717) is 18.0 Å². The van der Waals surface area contributed by atoms with Gasteiger partial charge in [0.05, 0.1) is 4.90 Å². The van der Waals surface area contributed by atoms with E-state index < -0.39 is 10.0 Å². The van der Waals surface area contributed by atoms with Crippen LogP contribution in [0.4, 0.5) is 0 Å². The Bertz CT molecular complexity index is 545. The van der Waals surface area contributed by atoms with Crippen LogP contribution >= 0.6 is 0 Å². The van der Waals surface area contributed by atoms with Gasteiger partial charge in [-0.25, -0.2) is 8.42 Å². The third-order valence-electron chi connectivity index (χ3n) is 4.22. The van der Waals surface area contributed by atoms with Crippen LogP contribution in [0.15, 0.2) is 29.2 Å². The van der Waals surface area contributed by atoms with E-state index in [4.69, 9.17) is 0 Å². The fourth-order valence-corrected chi connectivity index (χ4v) is 4.50. The van der Waals surface area contributed by atoms with Gasteiger partial charge in [0.25, 0.3) is 0 Å². The highest BCUT2D eigenvalue weighted by molar-refractivity contribution is 7.89. The monoisotopic (exact) mass is 310 g/mol. The van der Waals surface area contributed by atoms with Gasteiger partial charge in [-0.1, -0.05) is 31.9 Å². The first-order valence-corrected chi connectivity index (χ1v) is 9.31. The van der Waals surface area contributed by atoms with Crippen molar-refractivity contribution in [3.63, 3.8) is 0 Å². The summed E-state index contributed by atoms with van der Waals surface area (Å²) in [6.07, 6.45) is 5.12. The predicted octanol–water partition coefficient (Wildman–Crippen LogP) is 2.92. The Labute approximate surface area is 128 Å². The topological polar surface area (TPSA) is 49.4 Å². The van der Waals surface area contributed by atoms with E-state index in [1.54, 1.807) is 10.4 Å². The molecule has 1 aromatic rings. The fourth-order valence-electron chi connectivity index (χ4n) is 2.93. The molecule has 5 heteroatoms. The Balaban J connectivity index is 2.29. The van der Waals surface area contributed by atoms with Crippen LogP contribution in [0.5, 0.6) is 0 Å². The van der Waals surface area contributed by atoms with Crippen molar-refractivity contribution < 1.29 is 8.42 Å². The van der Waals surface area contributed by atoms with E-state index in [1.807, 2.05) is 25.2 Å². The molecule has 1 N–H and O–H groups in total. The minimum Gasteiger partial charge on any atom is -0.313 e. The molecule has 1 aliphatic rings. The molecule has 0 saturated carbocycles. The quantitative estimate of drug-likeness (QED) is 0.909. The second-order valence-electron chi connectivity index (χ2n) is 5.64. The van der Waals surface area contributed by atoms with Crippen LogP contribution in [-0.2, 0) is 10.0 Å². The maximum Gasteiger partial charge on any atom is 0.243 e. The summed E-state index contributed by atoms with van der Waals surface area (Å²) in [5.74, 6) is 0. The maximum atomic E-state index is 12.8. The minimum absolute atomic E-state index is 0.198. The van der Waals surface area contributed by atoms with Crippen molar-refractivity contribution in [1.29, 1.82) is 0 Å². The summed E-state index contributed by atoms with van der Waals surface area (Å²) in [5.41, 5.74) is 1.04. The van der Waals surface area contributed by atoms with Gasteiger partial charge in [0.15, 0.2) is 0 Å². The first-order chi connectivity index (χ1) is 10.1. The minimum atomic E-state index is -3.35. The van der Waals surface area contributed by atoms with Crippen LogP contribution in [-0.4, -0.2) is 32.9 Å². The molecule has 0 radical (unpaired) electrons. The smallest absolute Gasteiger partial charge is 0.243 e. The number of hydrogen-bond donors (Lipinski definition) is 1. The molecule has 2 rings (SSSR count). The molecule has 4 nitrogen and oxygen atoms in total. The lowest BCUT2D eigenvalue weighted by Crippen LogP contribution is -2.32. The van der Waals surface area contributed by atoms with Crippen LogP contribution in [0.2, 0.25) is 0 Å². The van der Waals surface area contributed by atoms with E-state index >= 15 is 0 Å². The predicted molar refractivity (Wildman–Crippen MR) is 85.8 cm³/mol. The highest BCUT2D eigenvalue weighted by Crippen LogP contribution is 2.24. The van der Waals surface area contributed by atoms with Gasteiger partial charge < -0.3 is 5.32 Å². The second-order valence-corrected chi connectivity index (χ2v) is 7.58. The molecule has 1 unspecified atom stereocenters. The van der Waals surface area contributed by atoms with Gasteiger partial charge in [0.1, 0.15) is 0 Å². The van der Waals surface area contributed by atoms with Crippen molar-refractivity contribution in [1.82, 2.24) is 9.62 Å². The number of rotatable bonds is 5. The number of hydrogen-bond acceptors (Lipinski definition) is 3.